The molecule has 0 aliphatic rings. The average molecular weight is 267 g/mol. The monoisotopic (exact) mass is 267 g/mol. The van der Waals surface area contributed by atoms with Crippen LogP contribution in [-0.4, -0.2) is 4.98 Å². The van der Waals surface area contributed by atoms with Crippen LogP contribution >= 0.6 is 11.3 Å². The van der Waals surface area contributed by atoms with Crippen LogP contribution in [-0.2, 0) is 0 Å². The molecule has 0 radical (unpaired) electrons. The number of aromatic amines is 1. The van der Waals surface area contributed by atoms with Crippen LogP contribution in [0.3, 0.4) is 0 Å². The lowest BCUT2D eigenvalue weighted by atomic mass is 10.0. The van der Waals surface area contributed by atoms with Gasteiger partial charge in [-0.05, 0) is 46.7 Å². The fourth-order valence-corrected chi connectivity index (χ4v) is 3.29. The van der Waals surface area contributed by atoms with Crippen molar-refractivity contribution >= 4 is 32.3 Å². The minimum atomic E-state index is -0.213. The van der Waals surface area contributed by atoms with Crippen LogP contribution in [0.4, 0.5) is 4.39 Å². The molecule has 4 rings (SSSR count). The summed E-state index contributed by atoms with van der Waals surface area (Å²) in [6.45, 7) is 0. The van der Waals surface area contributed by atoms with E-state index in [9.17, 15) is 4.39 Å². The first-order valence-electron chi connectivity index (χ1n) is 6.05. The molecule has 2 heterocycles. The zero-order valence-electron chi connectivity index (χ0n) is 9.98. The third-order valence-corrected chi connectivity index (χ3v) is 4.29. The van der Waals surface area contributed by atoms with E-state index in [1.54, 1.807) is 11.3 Å². The molecule has 0 aliphatic carbocycles. The Hall–Kier alpha value is -2.13. The molecule has 1 N–H and O–H groups in total. The molecule has 0 amide bonds. The predicted molar refractivity (Wildman–Crippen MR) is 79.1 cm³/mol. The number of thiophene rings is 1. The minimum absolute atomic E-state index is 0.213. The zero-order valence-corrected chi connectivity index (χ0v) is 10.8. The second-order valence-corrected chi connectivity index (χ2v) is 5.51. The molecule has 2 aromatic heterocycles. The summed E-state index contributed by atoms with van der Waals surface area (Å²) < 4.78 is 14.5. The second-order valence-electron chi connectivity index (χ2n) is 4.57. The molecule has 0 atom stereocenters. The van der Waals surface area contributed by atoms with E-state index < -0.39 is 0 Å². The number of nitrogens with one attached hydrogen (secondary N) is 1. The normalized spacial score (nSPS) is 11.4. The summed E-state index contributed by atoms with van der Waals surface area (Å²) in [6.07, 6.45) is 1.94. The highest BCUT2D eigenvalue weighted by molar-refractivity contribution is 7.17. The maximum Gasteiger partial charge on any atom is 0.125 e. The summed E-state index contributed by atoms with van der Waals surface area (Å²) in [5.41, 5.74) is 3.11. The highest BCUT2D eigenvalue weighted by Gasteiger charge is 2.07. The first-order chi connectivity index (χ1) is 9.31. The Kier molecular flexibility index (Phi) is 2.23. The van der Waals surface area contributed by atoms with Gasteiger partial charge in [0.25, 0.3) is 0 Å². The molecule has 3 heteroatoms. The highest BCUT2D eigenvalue weighted by Crippen LogP contribution is 2.32. The average Bonchev–Trinajstić information content (AvgIpc) is 3.02. The van der Waals surface area contributed by atoms with Crippen LogP contribution in [0.5, 0.6) is 0 Å². The van der Waals surface area contributed by atoms with Gasteiger partial charge in [-0.25, -0.2) is 4.39 Å². The van der Waals surface area contributed by atoms with Gasteiger partial charge in [-0.15, -0.1) is 11.3 Å². The number of H-pyrrole nitrogens is 1. The lowest BCUT2D eigenvalue weighted by Gasteiger charge is -2.00. The molecule has 0 fully saturated rings. The lowest BCUT2D eigenvalue weighted by Crippen LogP contribution is -1.76. The van der Waals surface area contributed by atoms with Crippen molar-refractivity contribution in [2.45, 2.75) is 0 Å². The van der Waals surface area contributed by atoms with Gasteiger partial charge >= 0.3 is 0 Å². The topological polar surface area (TPSA) is 15.8 Å². The van der Waals surface area contributed by atoms with Gasteiger partial charge in [-0.3, -0.25) is 0 Å². The smallest absolute Gasteiger partial charge is 0.125 e. The fourth-order valence-electron chi connectivity index (χ4n) is 2.46. The Bertz CT molecular complexity index is 888. The van der Waals surface area contributed by atoms with Gasteiger partial charge in [0.1, 0.15) is 5.82 Å². The Morgan fingerprint density at radius 3 is 2.89 bits per heavy atom. The number of rotatable bonds is 1. The van der Waals surface area contributed by atoms with Crippen LogP contribution < -0.4 is 0 Å². The van der Waals surface area contributed by atoms with Gasteiger partial charge in [-0.2, -0.15) is 0 Å². The Morgan fingerprint density at radius 1 is 1.00 bits per heavy atom. The predicted octanol–water partition coefficient (Wildman–Crippen LogP) is 5.19. The van der Waals surface area contributed by atoms with Crippen molar-refractivity contribution in [1.29, 1.82) is 0 Å². The molecule has 2 aromatic carbocycles. The van der Waals surface area contributed by atoms with Gasteiger partial charge in [0.05, 0.1) is 0 Å². The van der Waals surface area contributed by atoms with Crippen LogP contribution in [0.1, 0.15) is 0 Å². The zero-order chi connectivity index (χ0) is 12.8. The molecule has 0 saturated carbocycles. The molecule has 1 nitrogen and oxygen atoms in total. The molecule has 0 spiro atoms. The second kappa shape index (κ2) is 3.93. The SMILES string of the molecule is Fc1ccc2c(-c3ccc4ccsc4c3)c[nH]c2c1. The van der Waals surface area contributed by atoms with Crippen molar-refractivity contribution in [3.63, 3.8) is 0 Å². The van der Waals surface area contributed by atoms with Gasteiger partial charge < -0.3 is 4.98 Å². The van der Waals surface area contributed by atoms with Gasteiger partial charge in [0.2, 0.25) is 0 Å². The quantitative estimate of drug-likeness (QED) is 0.488. The molecule has 0 unspecified atom stereocenters. The number of aromatic nitrogens is 1. The maximum atomic E-state index is 13.2. The summed E-state index contributed by atoms with van der Waals surface area (Å²) in [7, 11) is 0. The standard InChI is InChI=1S/C16H10FNS/c17-12-3-4-13-14(9-18-15(13)8-12)11-2-1-10-5-6-19-16(10)7-11/h1-9,18H. The van der Waals surface area contributed by atoms with E-state index in [1.807, 2.05) is 12.3 Å². The number of hydrogen-bond acceptors (Lipinski definition) is 1. The summed E-state index contributed by atoms with van der Waals surface area (Å²) in [5, 5.41) is 4.41. The Balaban J connectivity index is 1.97. The van der Waals surface area contributed by atoms with E-state index >= 15 is 0 Å². The molecule has 19 heavy (non-hydrogen) atoms. The van der Waals surface area contributed by atoms with E-state index in [0.29, 0.717) is 0 Å². The van der Waals surface area contributed by atoms with E-state index in [1.165, 1.54) is 22.2 Å². The van der Waals surface area contributed by atoms with Crippen molar-refractivity contribution in [3.05, 3.63) is 59.9 Å². The minimum Gasteiger partial charge on any atom is -0.360 e. The van der Waals surface area contributed by atoms with Crippen LogP contribution in [0.25, 0.3) is 32.1 Å². The van der Waals surface area contributed by atoms with Crippen LogP contribution in [0.15, 0.2) is 54.0 Å². The lowest BCUT2D eigenvalue weighted by molar-refractivity contribution is 0.629. The molecule has 0 bridgehead atoms. The van der Waals surface area contributed by atoms with Crippen molar-refractivity contribution < 1.29 is 4.39 Å². The third-order valence-electron chi connectivity index (χ3n) is 3.41. The van der Waals surface area contributed by atoms with Crippen molar-refractivity contribution in [2.75, 3.05) is 0 Å². The van der Waals surface area contributed by atoms with E-state index in [4.69, 9.17) is 0 Å². The molecular weight excluding hydrogens is 257 g/mol. The molecule has 4 aromatic rings. The first-order valence-corrected chi connectivity index (χ1v) is 6.93. The number of benzene rings is 2. The van der Waals surface area contributed by atoms with E-state index in [-0.39, 0.29) is 5.82 Å². The molecule has 0 saturated heterocycles. The largest absolute Gasteiger partial charge is 0.360 e. The number of halogens is 1. The summed E-state index contributed by atoms with van der Waals surface area (Å²) >= 11 is 1.74. The summed E-state index contributed by atoms with van der Waals surface area (Å²) in [4.78, 5) is 3.13. The molecular formula is C16H10FNS. The number of hydrogen-bond donors (Lipinski definition) is 1. The van der Waals surface area contributed by atoms with Crippen LogP contribution in [0, 0.1) is 5.82 Å². The highest BCUT2D eigenvalue weighted by atomic mass is 32.1. The van der Waals surface area contributed by atoms with Crippen molar-refractivity contribution in [3.8, 4) is 11.1 Å². The van der Waals surface area contributed by atoms with Gasteiger partial charge in [0, 0.05) is 27.4 Å². The van der Waals surface area contributed by atoms with Crippen LogP contribution in [0.2, 0.25) is 0 Å². The van der Waals surface area contributed by atoms with E-state index in [2.05, 4.69) is 34.6 Å². The maximum absolute atomic E-state index is 13.2. The van der Waals surface area contributed by atoms with Crippen molar-refractivity contribution in [2.24, 2.45) is 0 Å². The molecule has 92 valence electrons. The molecule has 0 aliphatic heterocycles. The summed E-state index contributed by atoms with van der Waals surface area (Å²) in [6, 6.07) is 13.4. The Morgan fingerprint density at radius 2 is 1.95 bits per heavy atom. The third kappa shape index (κ3) is 1.66. The fraction of sp³-hybridized carbons (Fsp3) is 0. The number of fused-ring (bicyclic) bond motifs is 2. The Labute approximate surface area is 113 Å². The van der Waals surface area contributed by atoms with Gasteiger partial charge in [0.15, 0.2) is 0 Å². The first kappa shape index (κ1) is 10.8. The summed E-state index contributed by atoms with van der Waals surface area (Å²) in [5.74, 6) is -0.213. The van der Waals surface area contributed by atoms with Crippen molar-refractivity contribution in [1.82, 2.24) is 4.98 Å². The van der Waals surface area contributed by atoms with E-state index in [0.717, 1.165) is 22.0 Å². The van der Waals surface area contributed by atoms with Gasteiger partial charge in [-0.1, -0.05) is 12.1 Å².